The summed E-state index contributed by atoms with van der Waals surface area (Å²) in [7, 11) is 0. The fourth-order valence-corrected chi connectivity index (χ4v) is 14.2. The van der Waals surface area contributed by atoms with Crippen LogP contribution >= 0.6 is 0 Å². The minimum absolute atomic E-state index is 0.0256. The fourth-order valence-electron chi connectivity index (χ4n) is 10.2. The molecule has 0 spiro atoms. The quantitative estimate of drug-likeness (QED) is 0.0650. The van der Waals surface area contributed by atoms with Crippen LogP contribution in [0.3, 0.4) is 0 Å². The molecular weight excluding hydrogens is 1020 g/mol. The number of benzene rings is 7. The number of alkyl halides is 2. The van der Waals surface area contributed by atoms with Crippen LogP contribution in [-0.2, 0) is 0 Å². The van der Waals surface area contributed by atoms with Gasteiger partial charge in [-0.25, -0.2) is 0 Å². The molecule has 0 saturated heterocycles. The fraction of sp³-hybridized carbons (Fsp3) is 0.207. The molecule has 0 N–H and O–H groups in total. The van der Waals surface area contributed by atoms with Crippen molar-refractivity contribution in [3.63, 3.8) is 0 Å². The molecule has 0 unspecified atom stereocenters. The molecule has 0 saturated carbocycles. The summed E-state index contributed by atoms with van der Waals surface area (Å²) >= 11 is 0.0512. The summed E-state index contributed by atoms with van der Waals surface area (Å²) < 4.78 is 10.6. The van der Waals surface area contributed by atoms with Crippen LogP contribution in [0.15, 0.2) is 164 Å². The normalized spacial score (nSPS) is 12.6. The molecule has 0 bridgehead atoms. The topological polar surface area (TPSA) is 16.3 Å². The van der Waals surface area contributed by atoms with Crippen molar-refractivity contribution in [3.05, 3.63) is 182 Å². The first-order valence-corrected chi connectivity index (χ1v) is 28.6. The van der Waals surface area contributed by atoms with Crippen molar-refractivity contribution in [1.29, 1.82) is 0 Å². The van der Waals surface area contributed by atoms with E-state index in [2.05, 4.69) is 225 Å². The third-order valence-electron chi connectivity index (χ3n) is 13.4. The van der Waals surface area contributed by atoms with Gasteiger partial charge in [-0.05, 0) is 0 Å². The average Bonchev–Trinajstić information content (AvgIpc) is 4.00. The van der Waals surface area contributed by atoms with E-state index in [1.807, 2.05) is 0 Å². The predicted octanol–water partition coefficient (Wildman–Crippen LogP) is 7.24. The van der Waals surface area contributed by atoms with E-state index in [1.54, 1.807) is 0 Å². The summed E-state index contributed by atoms with van der Waals surface area (Å²) in [5.41, 5.74) is 19.1. The Labute approximate surface area is 405 Å². The van der Waals surface area contributed by atoms with Gasteiger partial charge in [0.2, 0.25) is 0 Å². The number of nitrogens with zero attached hydrogens (tertiary/aromatic N) is 4. The Bertz CT molecular complexity index is 2970. The maximum atomic E-state index is 2.49. The van der Waals surface area contributed by atoms with Crippen molar-refractivity contribution < 1.29 is 42.4 Å². The van der Waals surface area contributed by atoms with Gasteiger partial charge in [0.25, 0.3) is 0 Å². The molecule has 4 nitrogen and oxygen atoms in total. The zero-order chi connectivity index (χ0) is 44.3. The van der Waals surface area contributed by atoms with E-state index in [-0.39, 0.29) is 49.1 Å². The van der Waals surface area contributed by atoms with Crippen molar-refractivity contribution >= 4 is 79.0 Å². The van der Waals surface area contributed by atoms with Crippen LogP contribution in [0.1, 0.15) is 77.3 Å². The molecule has 0 aliphatic carbocycles. The summed E-state index contributed by atoms with van der Waals surface area (Å²) in [4.78, 5) is 4.97. The van der Waals surface area contributed by atoms with Crippen molar-refractivity contribution in [1.82, 2.24) is 9.13 Å². The monoisotopic (exact) mass is 1070 g/mol. The van der Waals surface area contributed by atoms with E-state index in [9.17, 15) is 0 Å². The number of aromatic nitrogens is 2. The van der Waals surface area contributed by atoms with Crippen LogP contribution in [0.25, 0.3) is 33.2 Å². The molecule has 9 aromatic rings. The van der Waals surface area contributed by atoms with E-state index in [0.717, 1.165) is 0 Å². The molecular formula is C58H55BI2N4-2. The molecule has 2 aliphatic heterocycles. The molecule has 7 heteroatoms. The summed E-state index contributed by atoms with van der Waals surface area (Å²) in [6.07, 6.45) is 7.11. The minimum atomic E-state index is 0.0256. The zero-order valence-corrected chi connectivity index (χ0v) is 42.5. The van der Waals surface area contributed by atoms with Gasteiger partial charge in [-0.1, -0.05) is 0 Å². The first kappa shape index (κ1) is 42.4. The number of hydrogen-bond acceptors (Lipinski definition) is 2. The van der Waals surface area contributed by atoms with E-state index in [0.29, 0.717) is 11.8 Å². The molecule has 4 heterocycles. The van der Waals surface area contributed by atoms with Gasteiger partial charge in [0.15, 0.2) is 0 Å². The Morgan fingerprint density at radius 1 is 0.462 bits per heavy atom. The van der Waals surface area contributed by atoms with Crippen molar-refractivity contribution in [2.75, 3.05) is 18.7 Å². The molecule has 2 aliphatic rings. The Balaban J connectivity index is 1.07. The van der Waals surface area contributed by atoms with E-state index >= 15 is 0 Å². The van der Waals surface area contributed by atoms with Gasteiger partial charge in [-0.3, -0.25) is 0 Å². The average molecular weight is 1070 g/mol. The van der Waals surface area contributed by atoms with Gasteiger partial charge in [-0.15, -0.1) is 0 Å². The van der Waals surface area contributed by atoms with Crippen LogP contribution in [0.2, 0.25) is 0 Å². The van der Waals surface area contributed by atoms with Gasteiger partial charge >= 0.3 is 409 Å². The Morgan fingerprint density at radius 2 is 0.846 bits per heavy atom. The van der Waals surface area contributed by atoms with Crippen molar-refractivity contribution in [2.24, 2.45) is 0 Å². The van der Waals surface area contributed by atoms with Gasteiger partial charge in [0, 0.05) is 0 Å². The molecule has 326 valence electrons. The third kappa shape index (κ3) is 7.32. The molecule has 0 radical (unpaired) electrons. The van der Waals surface area contributed by atoms with Crippen LogP contribution in [-0.4, -0.2) is 24.7 Å². The first-order valence-electron chi connectivity index (χ1n) is 23.4. The second-order valence-electron chi connectivity index (χ2n) is 18.1. The summed E-state index contributed by atoms with van der Waals surface area (Å²) in [5, 5.41) is 2.53. The van der Waals surface area contributed by atoms with Crippen LogP contribution in [0.5, 0.6) is 0 Å². The second-order valence-corrected chi connectivity index (χ2v) is 24.3. The van der Waals surface area contributed by atoms with E-state index in [4.69, 9.17) is 0 Å². The number of hydrogen-bond donors (Lipinski definition) is 0. The summed E-state index contributed by atoms with van der Waals surface area (Å²) in [5.74, 6) is 0.947. The molecule has 65 heavy (non-hydrogen) atoms. The molecule has 0 fully saturated rings. The van der Waals surface area contributed by atoms with Gasteiger partial charge in [-0.2, -0.15) is 0 Å². The summed E-state index contributed by atoms with van der Waals surface area (Å²) in [6.45, 7) is 13.8. The number of fused-ring (bicyclic) bond motifs is 4. The maximum absolute atomic E-state index is 2.49. The van der Waals surface area contributed by atoms with Gasteiger partial charge in [0.1, 0.15) is 0 Å². The molecule has 2 aromatic heterocycles. The number of anilines is 6. The van der Waals surface area contributed by atoms with Crippen molar-refractivity contribution in [2.45, 2.75) is 66.2 Å². The van der Waals surface area contributed by atoms with Crippen LogP contribution in [0, 0.1) is 7.14 Å². The Hall–Kier alpha value is -5.26. The Kier molecular flexibility index (Phi) is 11.4. The second kappa shape index (κ2) is 17.5. The first-order chi connectivity index (χ1) is 31.8. The zero-order valence-electron chi connectivity index (χ0n) is 38.2. The van der Waals surface area contributed by atoms with Gasteiger partial charge in [0.05, 0.1) is 0 Å². The molecule has 0 amide bonds. The number of rotatable bonds is 14. The Morgan fingerprint density at radius 3 is 1.22 bits per heavy atom. The van der Waals surface area contributed by atoms with Gasteiger partial charge < -0.3 is 0 Å². The van der Waals surface area contributed by atoms with E-state index in [1.165, 1.54) is 124 Å². The molecule has 7 aromatic carbocycles. The standard InChI is InChI=1S/C58H55BI2N4/c1-7-34-60-42-16-24-46(25-17-42)64(44-20-12-40(13-21-44)38(3)4)52-30-28-50-57-48(52)32-36-62(57)54-10-9-11-55-56(54)59(50)51-29-31-53(49-33-37-63(55)58(49)51)65(45-22-14-41(15-23-45)39(5)6)47-26-18-43(19-27-47)61-35-8-2/h9-33,36-39H,7-8,34-35H2,1-6H3/q-2. The number of halogens is 2. The van der Waals surface area contributed by atoms with Crippen molar-refractivity contribution in [3.8, 4) is 11.4 Å². The predicted molar refractivity (Wildman–Crippen MR) is 270 cm³/mol. The van der Waals surface area contributed by atoms with Crippen LogP contribution in [0.4, 0.5) is 34.1 Å². The van der Waals surface area contributed by atoms with E-state index < -0.39 is 0 Å². The summed E-state index contributed by atoms with van der Waals surface area (Å²) in [6, 6.07) is 58.7. The molecule has 11 rings (SSSR count). The molecule has 0 atom stereocenters. The SMILES string of the molecule is CCC[I-]c1ccc(N(c2ccc(C(C)C)cc2)c2ccc3c4c2ccn4-c2cccc4c2B3c2ccc(N(c3ccc([I-]CCC)cc3)c3ccc(C(C)C)cc3)c3ccn-4c23)cc1. The third-order valence-corrected chi connectivity index (χ3v) is 19.8. The van der Waals surface area contributed by atoms with Crippen LogP contribution < -0.4 is 68.6 Å².